The molecule has 1 aliphatic heterocycles. The third-order valence-electron chi connectivity index (χ3n) is 3.73. The number of aromatic amines is 1. The fraction of sp³-hybridized carbons (Fsp3) is 0.400. The monoisotopic (exact) mass is 318 g/mol. The standard InChI is InChI=1S/C15H18N4O2S/c1-21-13-4-3-10(7-16-13)8-19-6-5-12-11(9-19)14(20)18-15(17-12)22-2/h3-4,7H,5-6,8-9H2,1-2H3,(H,17,18,20). The first-order valence-corrected chi connectivity index (χ1v) is 8.29. The zero-order valence-corrected chi connectivity index (χ0v) is 13.4. The van der Waals surface area contributed by atoms with Gasteiger partial charge in [0.05, 0.1) is 18.4 Å². The molecule has 22 heavy (non-hydrogen) atoms. The first-order chi connectivity index (χ1) is 10.7. The van der Waals surface area contributed by atoms with Gasteiger partial charge in [0.15, 0.2) is 5.16 Å². The summed E-state index contributed by atoms with van der Waals surface area (Å²) in [6.07, 6.45) is 4.53. The molecule has 0 aromatic carbocycles. The van der Waals surface area contributed by atoms with Crippen LogP contribution in [0.25, 0.3) is 0 Å². The quantitative estimate of drug-likeness (QED) is 0.680. The Kier molecular flexibility index (Phi) is 4.44. The Morgan fingerprint density at radius 3 is 3.00 bits per heavy atom. The number of fused-ring (bicyclic) bond motifs is 1. The number of rotatable bonds is 4. The molecule has 0 saturated heterocycles. The van der Waals surface area contributed by atoms with E-state index in [0.29, 0.717) is 17.6 Å². The van der Waals surface area contributed by atoms with E-state index in [1.807, 2.05) is 24.6 Å². The van der Waals surface area contributed by atoms with Crippen molar-refractivity contribution in [2.45, 2.75) is 24.7 Å². The van der Waals surface area contributed by atoms with Crippen molar-refractivity contribution in [2.75, 3.05) is 19.9 Å². The smallest absolute Gasteiger partial charge is 0.256 e. The molecular weight excluding hydrogens is 300 g/mol. The Labute approximate surface area is 132 Å². The van der Waals surface area contributed by atoms with Gasteiger partial charge in [0, 0.05) is 38.3 Å². The maximum Gasteiger partial charge on any atom is 0.256 e. The Hall–Kier alpha value is -1.86. The average molecular weight is 318 g/mol. The molecule has 1 aliphatic rings. The van der Waals surface area contributed by atoms with Gasteiger partial charge < -0.3 is 9.72 Å². The van der Waals surface area contributed by atoms with Crippen molar-refractivity contribution in [2.24, 2.45) is 0 Å². The summed E-state index contributed by atoms with van der Waals surface area (Å²) >= 11 is 1.46. The fourth-order valence-electron chi connectivity index (χ4n) is 2.57. The highest BCUT2D eigenvalue weighted by Gasteiger charge is 2.21. The number of hydrogen-bond donors (Lipinski definition) is 1. The minimum Gasteiger partial charge on any atom is -0.481 e. The summed E-state index contributed by atoms with van der Waals surface area (Å²) in [4.78, 5) is 25.9. The molecule has 0 radical (unpaired) electrons. The van der Waals surface area contributed by atoms with Gasteiger partial charge >= 0.3 is 0 Å². The number of nitrogens with one attached hydrogen (secondary N) is 1. The molecule has 0 atom stereocenters. The van der Waals surface area contributed by atoms with Gasteiger partial charge in [0.2, 0.25) is 5.88 Å². The molecule has 0 amide bonds. The normalized spacial score (nSPS) is 14.6. The van der Waals surface area contributed by atoms with E-state index >= 15 is 0 Å². The summed E-state index contributed by atoms with van der Waals surface area (Å²) in [6, 6.07) is 3.85. The number of ether oxygens (including phenoxy) is 1. The number of pyridine rings is 1. The summed E-state index contributed by atoms with van der Waals surface area (Å²) in [5.41, 5.74) is 2.80. The molecule has 6 nitrogen and oxygen atoms in total. The van der Waals surface area contributed by atoms with Crippen molar-refractivity contribution >= 4 is 11.8 Å². The Morgan fingerprint density at radius 2 is 2.32 bits per heavy atom. The molecular formula is C15H18N4O2S. The summed E-state index contributed by atoms with van der Waals surface area (Å²) in [5, 5.41) is 0.691. The highest BCUT2D eigenvalue weighted by atomic mass is 32.2. The van der Waals surface area contributed by atoms with Crippen LogP contribution in [-0.4, -0.2) is 39.8 Å². The number of methoxy groups -OCH3 is 1. The summed E-state index contributed by atoms with van der Waals surface area (Å²) in [5.74, 6) is 0.609. The van der Waals surface area contributed by atoms with Crippen molar-refractivity contribution in [1.29, 1.82) is 0 Å². The van der Waals surface area contributed by atoms with E-state index < -0.39 is 0 Å². The maximum absolute atomic E-state index is 12.2. The number of thioether (sulfide) groups is 1. The van der Waals surface area contributed by atoms with Crippen LogP contribution in [0, 0.1) is 0 Å². The van der Waals surface area contributed by atoms with Crippen LogP contribution in [0.15, 0.2) is 28.3 Å². The predicted octanol–water partition coefficient (Wildman–Crippen LogP) is 1.45. The molecule has 0 aliphatic carbocycles. The SMILES string of the molecule is COc1ccc(CN2CCc3nc(SC)[nH]c(=O)c3C2)cn1. The van der Waals surface area contributed by atoms with Crippen LogP contribution in [0.5, 0.6) is 5.88 Å². The largest absolute Gasteiger partial charge is 0.481 e. The Bertz CT molecular complexity index is 714. The highest BCUT2D eigenvalue weighted by molar-refractivity contribution is 7.98. The van der Waals surface area contributed by atoms with Crippen LogP contribution >= 0.6 is 11.8 Å². The molecule has 2 aromatic rings. The molecule has 3 heterocycles. The molecule has 0 unspecified atom stereocenters. The third kappa shape index (κ3) is 3.15. The van der Waals surface area contributed by atoms with Crippen LogP contribution in [0.1, 0.15) is 16.8 Å². The molecule has 2 aromatic heterocycles. The number of H-pyrrole nitrogens is 1. The van der Waals surface area contributed by atoms with Crippen molar-refractivity contribution in [3.8, 4) is 5.88 Å². The van der Waals surface area contributed by atoms with Crippen LogP contribution in [0.3, 0.4) is 0 Å². The zero-order valence-electron chi connectivity index (χ0n) is 12.6. The minimum absolute atomic E-state index is 0.0214. The van der Waals surface area contributed by atoms with Gasteiger partial charge in [0.25, 0.3) is 5.56 Å². The lowest BCUT2D eigenvalue weighted by Crippen LogP contribution is -2.35. The molecule has 7 heteroatoms. The average Bonchev–Trinajstić information content (AvgIpc) is 2.56. The van der Waals surface area contributed by atoms with Gasteiger partial charge in [-0.15, -0.1) is 0 Å². The molecule has 0 bridgehead atoms. The number of nitrogens with zero attached hydrogens (tertiary/aromatic N) is 3. The van der Waals surface area contributed by atoms with Crippen molar-refractivity contribution in [3.63, 3.8) is 0 Å². The topological polar surface area (TPSA) is 71.1 Å². The van der Waals surface area contributed by atoms with Gasteiger partial charge in [-0.2, -0.15) is 0 Å². The molecule has 116 valence electrons. The second-order valence-corrected chi connectivity index (χ2v) is 5.96. The third-order valence-corrected chi connectivity index (χ3v) is 4.31. The molecule has 0 fully saturated rings. The molecule has 0 saturated carbocycles. The lowest BCUT2D eigenvalue weighted by Gasteiger charge is -2.27. The summed E-state index contributed by atoms with van der Waals surface area (Å²) < 4.78 is 5.06. The lowest BCUT2D eigenvalue weighted by molar-refractivity contribution is 0.240. The van der Waals surface area contributed by atoms with Crippen LogP contribution in [0.4, 0.5) is 0 Å². The van der Waals surface area contributed by atoms with E-state index in [1.165, 1.54) is 11.8 Å². The first kappa shape index (κ1) is 15.1. The van der Waals surface area contributed by atoms with Crippen LogP contribution in [0.2, 0.25) is 0 Å². The Morgan fingerprint density at radius 1 is 1.45 bits per heavy atom. The van der Waals surface area contributed by atoms with Crippen LogP contribution < -0.4 is 10.3 Å². The van der Waals surface area contributed by atoms with Crippen molar-refractivity contribution in [3.05, 3.63) is 45.5 Å². The van der Waals surface area contributed by atoms with E-state index in [0.717, 1.165) is 36.3 Å². The summed E-state index contributed by atoms with van der Waals surface area (Å²) in [6.45, 7) is 2.28. The molecule has 0 spiro atoms. The van der Waals surface area contributed by atoms with E-state index in [9.17, 15) is 4.79 Å². The van der Waals surface area contributed by atoms with E-state index in [2.05, 4.69) is 19.9 Å². The second kappa shape index (κ2) is 6.50. The van der Waals surface area contributed by atoms with Gasteiger partial charge in [-0.3, -0.25) is 9.69 Å². The first-order valence-electron chi connectivity index (χ1n) is 7.07. The summed E-state index contributed by atoms with van der Waals surface area (Å²) in [7, 11) is 1.60. The predicted molar refractivity (Wildman–Crippen MR) is 85.2 cm³/mol. The molecule has 1 N–H and O–H groups in total. The van der Waals surface area contributed by atoms with E-state index in [4.69, 9.17) is 4.74 Å². The van der Waals surface area contributed by atoms with Crippen molar-refractivity contribution in [1.82, 2.24) is 19.9 Å². The van der Waals surface area contributed by atoms with Gasteiger partial charge in [-0.25, -0.2) is 9.97 Å². The van der Waals surface area contributed by atoms with Crippen molar-refractivity contribution < 1.29 is 4.74 Å². The zero-order chi connectivity index (χ0) is 15.5. The Balaban J connectivity index is 1.75. The fourth-order valence-corrected chi connectivity index (χ4v) is 2.97. The number of hydrogen-bond acceptors (Lipinski definition) is 6. The van der Waals surface area contributed by atoms with Gasteiger partial charge in [-0.05, 0) is 11.8 Å². The van der Waals surface area contributed by atoms with E-state index in [-0.39, 0.29) is 5.56 Å². The van der Waals surface area contributed by atoms with Gasteiger partial charge in [0.1, 0.15) is 0 Å². The maximum atomic E-state index is 12.2. The lowest BCUT2D eigenvalue weighted by atomic mass is 10.1. The van der Waals surface area contributed by atoms with Gasteiger partial charge in [-0.1, -0.05) is 17.8 Å². The second-order valence-electron chi connectivity index (χ2n) is 5.17. The minimum atomic E-state index is -0.0214. The van der Waals surface area contributed by atoms with Crippen LogP contribution in [-0.2, 0) is 19.5 Å². The molecule has 3 rings (SSSR count). The van der Waals surface area contributed by atoms with E-state index in [1.54, 1.807) is 7.11 Å². The number of aromatic nitrogens is 3. The highest BCUT2D eigenvalue weighted by Crippen LogP contribution is 2.18.